The lowest BCUT2D eigenvalue weighted by Gasteiger charge is -2.20. The maximum atomic E-state index is 12.5. The molecule has 1 amide bonds. The molecule has 1 atom stereocenters. The Labute approximate surface area is 128 Å². The first kappa shape index (κ1) is 15.5. The minimum Gasteiger partial charge on any atom is -0.324 e. The highest BCUT2D eigenvalue weighted by atomic mass is 16.2. The van der Waals surface area contributed by atoms with Gasteiger partial charge in [-0.1, -0.05) is 19.1 Å². The molecule has 0 spiro atoms. The van der Waals surface area contributed by atoms with Crippen molar-refractivity contribution in [2.45, 2.75) is 26.3 Å². The van der Waals surface area contributed by atoms with Crippen LogP contribution >= 0.6 is 0 Å². The standard InChI is InChI=1S/C17H17N3O2/c1-3-15(20-12(2)6-4-9-16(20)21)17(22)19-14-8-5-7-13(10-14)11-18/h4-10,15H,3H2,1-2H3,(H,19,22). The van der Waals surface area contributed by atoms with Crippen LogP contribution in [0, 0.1) is 18.3 Å². The number of nitrogens with one attached hydrogen (secondary N) is 1. The molecule has 1 aromatic heterocycles. The van der Waals surface area contributed by atoms with Gasteiger partial charge in [-0.15, -0.1) is 0 Å². The van der Waals surface area contributed by atoms with Crippen LogP contribution < -0.4 is 10.9 Å². The van der Waals surface area contributed by atoms with Crippen LogP contribution in [0.15, 0.2) is 47.3 Å². The first-order chi connectivity index (χ1) is 10.6. The Hall–Kier alpha value is -2.87. The molecule has 5 nitrogen and oxygen atoms in total. The predicted octanol–water partition coefficient (Wildman–Crippen LogP) is 2.62. The molecule has 5 heteroatoms. The number of amides is 1. The number of aryl methyl sites for hydroxylation is 1. The summed E-state index contributed by atoms with van der Waals surface area (Å²) in [6.45, 7) is 3.66. The molecule has 0 saturated heterocycles. The van der Waals surface area contributed by atoms with E-state index in [-0.39, 0.29) is 11.5 Å². The van der Waals surface area contributed by atoms with E-state index in [0.29, 0.717) is 17.7 Å². The SMILES string of the molecule is CCC(C(=O)Nc1cccc(C#N)c1)n1c(C)cccc1=O. The molecule has 1 N–H and O–H groups in total. The maximum Gasteiger partial charge on any atom is 0.251 e. The minimum absolute atomic E-state index is 0.201. The Balaban J connectivity index is 2.30. The highest BCUT2D eigenvalue weighted by Crippen LogP contribution is 2.16. The van der Waals surface area contributed by atoms with Gasteiger partial charge in [0.25, 0.3) is 5.56 Å². The third-order valence-corrected chi connectivity index (χ3v) is 3.45. The van der Waals surface area contributed by atoms with Gasteiger partial charge >= 0.3 is 0 Å². The summed E-state index contributed by atoms with van der Waals surface area (Å²) >= 11 is 0. The van der Waals surface area contributed by atoms with Gasteiger partial charge in [-0.2, -0.15) is 5.26 Å². The van der Waals surface area contributed by atoms with Crippen molar-refractivity contribution < 1.29 is 4.79 Å². The van der Waals surface area contributed by atoms with Crippen LogP contribution in [0.5, 0.6) is 0 Å². The van der Waals surface area contributed by atoms with Crippen LogP contribution in [0.1, 0.15) is 30.6 Å². The van der Waals surface area contributed by atoms with Crippen LogP contribution in [-0.2, 0) is 4.79 Å². The number of carbonyl (C=O) groups is 1. The molecule has 112 valence electrons. The van der Waals surface area contributed by atoms with Crippen molar-refractivity contribution >= 4 is 11.6 Å². The Morgan fingerprint density at radius 1 is 1.32 bits per heavy atom. The Kier molecular flexibility index (Phi) is 4.74. The number of carbonyl (C=O) groups excluding carboxylic acids is 1. The average molecular weight is 295 g/mol. The van der Waals surface area contributed by atoms with E-state index in [1.54, 1.807) is 43.3 Å². The van der Waals surface area contributed by atoms with Crippen LogP contribution in [0.4, 0.5) is 5.69 Å². The molecule has 1 aromatic carbocycles. The molecule has 0 aliphatic carbocycles. The highest BCUT2D eigenvalue weighted by molar-refractivity contribution is 5.93. The normalized spacial score (nSPS) is 11.5. The molecule has 1 heterocycles. The van der Waals surface area contributed by atoms with E-state index in [1.165, 1.54) is 10.6 Å². The number of hydrogen-bond donors (Lipinski definition) is 1. The van der Waals surface area contributed by atoms with E-state index in [1.807, 2.05) is 13.0 Å². The minimum atomic E-state index is -0.584. The van der Waals surface area contributed by atoms with E-state index >= 15 is 0 Å². The van der Waals surface area contributed by atoms with Crippen molar-refractivity contribution in [2.75, 3.05) is 5.32 Å². The first-order valence-electron chi connectivity index (χ1n) is 7.06. The Morgan fingerprint density at radius 2 is 2.05 bits per heavy atom. The maximum absolute atomic E-state index is 12.5. The molecule has 22 heavy (non-hydrogen) atoms. The lowest BCUT2D eigenvalue weighted by Crippen LogP contribution is -2.33. The third kappa shape index (κ3) is 3.23. The first-order valence-corrected chi connectivity index (χ1v) is 7.06. The van der Waals surface area contributed by atoms with Gasteiger partial charge in [-0.3, -0.25) is 9.59 Å². The number of pyridine rings is 1. The summed E-state index contributed by atoms with van der Waals surface area (Å²) in [5, 5.41) is 11.7. The summed E-state index contributed by atoms with van der Waals surface area (Å²) < 4.78 is 1.49. The molecular weight excluding hydrogens is 278 g/mol. The second kappa shape index (κ2) is 6.72. The molecule has 1 unspecified atom stereocenters. The van der Waals surface area contributed by atoms with Crippen LogP contribution in [-0.4, -0.2) is 10.5 Å². The van der Waals surface area contributed by atoms with E-state index in [0.717, 1.165) is 5.69 Å². The van der Waals surface area contributed by atoms with Crippen molar-refractivity contribution in [3.05, 3.63) is 64.1 Å². The molecule has 0 fully saturated rings. The van der Waals surface area contributed by atoms with E-state index in [2.05, 4.69) is 5.32 Å². The second-order valence-electron chi connectivity index (χ2n) is 4.98. The van der Waals surface area contributed by atoms with E-state index < -0.39 is 6.04 Å². The number of nitrogens with zero attached hydrogens (tertiary/aromatic N) is 2. The van der Waals surface area contributed by atoms with E-state index in [4.69, 9.17) is 5.26 Å². The number of nitriles is 1. The monoisotopic (exact) mass is 295 g/mol. The van der Waals surface area contributed by atoms with Gasteiger partial charge in [0.05, 0.1) is 11.6 Å². The van der Waals surface area contributed by atoms with Crippen molar-refractivity contribution in [1.82, 2.24) is 4.57 Å². The molecule has 0 bridgehead atoms. The lowest BCUT2D eigenvalue weighted by molar-refractivity contribution is -0.119. The predicted molar refractivity (Wildman–Crippen MR) is 84.6 cm³/mol. The summed E-state index contributed by atoms with van der Waals surface area (Å²) in [4.78, 5) is 24.5. The molecule has 0 saturated carbocycles. The number of anilines is 1. The lowest BCUT2D eigenvalue weighted by atomic mass is 10.1. The summed E-state index contributed by atoms with van der Waals surface area (Å²) in [5.74, 6) is -0.269. The summed E-state index contributed by atoms with van der Waals surface area (Å²) in [7, 11) is 0. The number of rotatable bonds is 4. The van der Waals surface area contributed by atoms with E-state index in [9.17, 15) is 9.59 Å². The van der Waals surface area contributed by atoms with Crippen molar-refractivity contribution in [3.63, 3.8) is 0 Å². The Bertz CT molecular complexity index is 787. The van der Waals surface area contributed by atoms with Crippen LogP contribution in [0.25, 0.3) is 0 Å². The van der Waals surface area contributed by atoms with Gasteiger partial charge in [0.2, 0.25) is 5.91 Å². The molecule has 2 aromatic rings. The number of aromatic nitrogens is 1. The summed E-state index contributed by atoms with van der Waals surface area (Å²) in [6.07, 6.45) is 0.495. The zero-order chi connectivity index (χ0) is 16.1. The fraction of sp³-hybridized carbons (Fsp3) is 0.235. The quantitative estimate of drug-likeness (QED) is 0.942. The zero-order valence-corrected chi connectivity index (χ0v) is 12.5. The largest absolute Gasteiger partial charge is 0.324 e. The Morgan fingerprint density at radius 3 is 2.68 bits per heavy atom. The zero-order valence-electron chi connectivity index (χ0n) is 12.5. The van der Waals surface area contributed by atoms with Gasteiger partial charge in [-0.05, 0) is 37.6 Å². The van der Waals surface area contributed by atoms with Crippen molar-refractivity contribution in [3.8, 4) is 6.07 Å². The average Bonchev–Trinajstić information content (AvgIpc) is 2.51. The molecule has 0 aliphatic heterocycles. The highest BCUT2D eigenvalue weighted by Gasteiger charge is 2.20. The van der Waals surface area contributed by atoms with Gasteiger partial charge in [0.15, 0.2) is 0 Å². The van der Waals surface area contributed by atoms with Gasteiger partial charge < -0.3 is 9.88 Å². The fourth-order valence-corrected chi connectivity index (χ4v) is 2.38. The molecule has 2 rings (SSSR count). The van der Waals surface area contributed by atoms with Gasteiger partial charge in [-0.25, -0.2) is 0 Å². The van der Waals surface area contributed by atoms with Crippen molar-refractivity contribution in [2.24, 2.45) is 0 Å². The number of hydrogen-bond acceptors (Lipinski definition) is 3. The fourth-order valence-electron chi connectivity index (χ4n) is 2.38. The smallest absolute Gasteiger partial charge is 0.251 e. The van der Waals surface area contributed by atoms with Gasteiger partial charge in [0.1, 0.15) is 6.04 Å². The number of benzene rings is 1. The third-order valence-electron chi connectivity index (χ3n) is 3.45. The van der Waals surface area contributed by atoms with Gasteiger partial charge in [0, 0.05) is 17.4 Å². The topological polar surface area (TPSA) is 74.9 Å². The molecule has 0 radical (unpaired) electrons. The van der Waals surface area contributed by atoms with Crippen LogP contribution in [0.2, 0.25) is 0 Å². The second-order valence-corrected chi connectivity index (χ2v) is 4.98. The summed E-state index contributed by atoms with van der Waals surface area (Å²) in [6, 6.07) is 13.0. The van der Waals surface area contributed by atoms with Crippen molar-refractivity contribution in [1.29, 1.82) is 5.26 Å². The molecule has 0 aliphatic rings. The summed E-state index contributed by atoms with van der Waals surface area (Å²) in [5.41, 5.74) is 1.55. The molecular formula is C17H17N3O2. The van der Waals surface area contributed by atoms with Crippen LogP contribution in [0.3, 0.4) is 0 Å².